The van der Waals surface area contributed by atoms with E-state index in [4.69, 9.17) is 9.84 Å². The molecule has 1 N–H and O–H groups in total. The van der Waals surface area contributed by atoms with Crippen molar-refractivity contribution in [3.8, 4) is 0 Å². The molecule has 2 rings (SSSR count). The van der Waals surface area contributed by atoms with Crippen LogP contribution in [-0.2, 0) is 14.3 Å². The highest BCUT2D eigenvalue weighted by atomic mass is 16.5. The number of aliphatic carboxylic acids is 1. The Bertz CT molecular complexity index is 743. The van der Waals surface area contributed by atoms with E-state index < -0.39 is 5.97 Å². The number of hydrogen-bond donors (Lipinski definition) is 1. The van der Waals surface area contributed by atoms with E-state index in [0.717, 1.165) is 16.3 Å². The van der Waals surface area contributed by atoms with E-state index in [2.05, 4.69) is 35.2 Å². The van der Waals surface area contributed by atoms with Crippen molar-refractivity contribution in [2.24, 2.45) is 0 Å². The van der Waals surface area contributed by atoms with Gasteiger partial charge in [0.05, 0.1) is 20.0 Å². The zero-order valence-corrected chi connectivity index (χ0v) is 14.9. The highest BCUT2D eigenvalue weighted by molar-refractivity contribution is 5.83. The van der Waals surface area contributed by atoms with Gasteiger partial charge >= 0.3 is 11.9 Å². The zero-order valence-electron chi connectivity index (χ0n) is 14.9. The average molecular weight is 343 g/mol. The van der Waals surface area contributed by atoms with E-state index in [1.54, 1.807) is 0 Å². The van der Waals surface area contributed by atoms with E-state index in [1.807, 2.05) is 26.0 Å². The third-order valence-electron chi connectivity index (χ3n) is 4.59. The molecular formula is C20H25NO4. The number of ether oxygens (including phenoxy) is 1. The van der Waals surface area contributed by atoms with Crippen molar-refractivity contribution in [1.82, 2.24) is 4.90 Å². The van der Waals surface area contributed by atoms with Crippen LogP contribution < -0.4 is 0 Å². The predicted molar refractivity (Wildman–Crippen MR) is 97.4 cm³/mol. The topological polar surface area (TPSA) is 66.8 Å². The monoisotopic (exact) mass is 343 g/mol. The number of methoxy groups -OCH3 is 1. The highest BCUT2D eigenvalue weighted by Crippen LogP contribution is 2.27. The summed E-state index contributed by atoms with van der Waals surface area (Å²) in [6.07, 6.45) is 0.261. The summed E-state index contributed by atoms with van der Waals surface area (Å²) < 4.78 is 4.72. The molecule has 2 atom stereocenters. The molecule has 5 heteroatoms. The van der Waals surface area contributed by atoms with Gasteiger partial charge < -0.3 is 9.84 Å². The molecule has 25 heavy (non-hydrogen) atoms. The number of carboxylic acids is 1. The van der Waals surface area contributed by atoms with Crippen molar-refractivity contribution in [3.05, 3.63) is 48.0 Å². The normalized spacial score (nSPS) is 13.6. The lowest BCUT2D eigenvalue weighted by Gasteiger charge is -2.34. The Labute approximate surface area is 148 Å². The number of esters is 1. The minimum atomic E-state index is -0.846. The summed E-state index contributed by atoms with van der Waals surface area (Å²) >= 11 is 0. The van der Waals surface area contributed by atoms with Gasteiger partial charge in [0.2, 0.25) is 0 Å². The molecule has 0 aliphatic heterocycles. The van der Waals surface area contributed by atoms with E-state index in [0.29, 0.717) is 6.54 Å². The third kappa shape index (κ3) is 5.03. The van der Waals surface area contributed by atoms with E-state index in [-0.39, 0.29) is 30.9 Å². The standard InChI is InChI=1S/C20H25NO4/c1-14(12-19(22)23)21(11-10-20(24)25-3)15(2)17-9-8-16-6-4-5-7-18(16)13-17/h4-9,13-15H,10-12H2,1-3H3,(H,22,23)/t14-,15?/m0/s1. The van der Waals surface area contributed by atoms with Gasteiger partial charge in [0.15, 0.2) is 0 Å². The van der Waals surface area contributed by atoms with Crippen molar-refractivity contribution in [2.45, 2.75) is 38.8 Å². The average Bonchev–Trinajstić information content (AvgIpc) is 2.60. The summed E-state index contributed by atoms with van der Waals surface area (Å²) in [5.41, 5.74) is 1.10. The first kappa shape index (κ1) is 18.9. The fraction of sp³-hybridized carbons (Fsp3) is 0.400. The molecule has 0 aliphatic carbocycles. The Morgan fingerprint density at radius 3 is 2.44 bits per heavy atom. The first-order chi connectivity index (χ1) is 11.9. The van der Waals surface area contributed by atoms with Crippen molar-refractivity contribution < 1.29 is 19.4 Å². The Hall–Kier alpha value is -2.40. The molecule has 0 saturated carbocycles. The van der Waals surface area contributed by atoms with Crippen LogP contribution in [0.25, 0.3) is 10.8 Å². The van der Waals surface area contributed by atoms with Crippen LogP contribution >= 0.6 is 0 Å². The van der Waals surface area contributed by atoms with Crippen LogP contribution in [-0.4, -0.2) is 41.6 Å². The molecule has 5 nitrogen and oxygen atoms in total. The van der Waals surface area contributed by atoms with E-state index in [9.17, 15) is 9.59 Å². The summed E-state index contributed by atoms with van der Waals surface area (Å²) in [5.74, 6) is -1.14. The van der Waals surface area contributed by atoms with Gasteiger partial charge in [0.1, 0.15) is 0 Å². The second kappa shape index (κ2) is 8.62. The largest absolute Gasteiger partial charge is 0.481 e. The molecule has 0 bridgehead atoms. The predicted octanol–water partition coefficient (Wildman–Crippen LogP) is 3.63. The minimum absolute atomic E-state index is 0.0105. The van der Waals surface area contributed by atoms with E-state index >= 15 is 0 Å². The first-order valence-corrected chi connectivity index (χ1v) is 8.45. The lowest BCUT2D eigenvalue weighted by atomic mass is 10.00. The van der Waals surface area contributed by atoms with Crippen LogP contribution in [0, 0.1) is 0 Å². The Morgan fingerprint density at radius 1 is 1.12 bits per heavy atom. The zero-order chi connectivity index (χ0) is 18.4. The Balaban J connectivity index is 2.25. The van der Waals surface area contributed by atoms with Crippen LogP contribution in [0.3, 0.4) is 0 Å². The molecule has 0 heterocycles. The maximum atomic E-state index is 11.5. The first-order valence-electron chi connectivity index (χ1n) is 8.45. The number of fused-ring (bicyclic) bond motifs is 1. The summed E-state index contributed by atoms with van der Waals surface area (Å²) in [5, 5.41) is 11.4. The molecular weight excluding hydrogens is 318 g/mol. The number of nitrogens with zero attached hydrogens (tertiary/aromatic N) is 1. The lowest BCUT2D eigenvalue weighted by molar-refractivity contribution is -0.141. The Morgan fingerprint density at radius 2 is 1.80 bits per heavy atom. The molecule has 1 unspecified atom stereocenters. The number of hydrogen-bond acceptors (Lipinski definition) is 4. The summed E-state index contributed by atoms with van der Waals surface area (Å²) in [4.78, 5) is 24.7. The number of carbonyl (C=O) groups is 2. The number of carbonyl (C=O) groups excluding carboxylic acids is 1. The molecule has 0 fully saturated rings. The SMILES string of the molecule is COC(=O)CCN(C(C)c1ccc2ccccc2c1)[C@@H](C)CC(=O)O. The van der Waals surface area contributed by atoms with Crippen LogP contribution in [0.4, 0.5) is 0 Å². The van der Waals surface area contributed by atoms with Crippen LogP contribution in [0.2, 0.25) is 0 Å². The van der Waals surface area contributed by atoms with Crippen LogP contribution in [0.1, 0.15) is 38.3 Å². The fourth-order valence-electron chi connectivity index (χ4n) is 3.15. The van der Waals surface area contributed by atoms with Crippen LogP contribution in [0.15, 0.2) is 42.5 Å². The van der Waals surface area contributed by atoms with Crippen molar-refractivity contribution in [2.75, 3.05) is 13.7 Å². The lowest BCUT2D eigenvalue weighted by Crippen LogP contribution is -2.38. The molecule has 0 saturated heterocycles. The van der Waals surface area contributed by atoms with E-state index in [1.165, 1.54) is 7.11 Å². The maximum absolute atomic E-state index is 11.5. The van der Waals surface area contributed by atoms with Gasteiger partial charge in [0, 0.05) is 18.6 Å². The quantitative estimate of drug-likeness (QED) is 0.741. The van der Waals surface area contributed by atoms with Crippen LogP contribution in [0.5, 0.6) is 0 Å². The van der Waals surface area contributed by atoms with Gasteiger partial charge in [-0.25, -0.2) is 0 Å². The van der Waals surface area contributed by atoms with Gasteiger partial charge in [-0.2, -0.15) is 0 Å². The highest BCUT2D eigenvalue weighted by Gasteiger charge is 2.24. The molecule has 134 valence electrons. The smallest absolute Gasteiger partial charge is 0.306 e. The molecule has 0 spiro atoms. The summed E-state index contributed by atoms with van der Waals surface area (Å²) in [6, 6.07) is 14.2. The number of carboxylic acid groups (broad SMARTS) is 1. The Kier molecular flexibility index (Phi) is 6.53. The molecule has 0 radical (unpaired) electrons. The molecule has 2 aromatic carbocycles. The van der Waals surface area contributed by atoms with Gasteiger partial charge in [-0.15, -0.1) is 0 Å². The van der Waals surface area contributed by atoms with Crippen molar-refractivity contribution in [3.63, 3.8) is 0 Å². The summed E-state index contributed by atoms with van der Waals surface area (Å²) in [7, 11) is 1.36. The summed E-state index contributed by atoms with van der Waals surface area (Å²) in [6.45, 7) is 4.37. The minimum Gasteiger partial charge on any atom is -0.481 e. The third-order valence-corrected chi connectivity index (χ3v) is 4.59. The van der Waals surface area contributed by atoms with Crippen molar-refractivity contribution >= 4 is 22.7 Å². The maximum Gasteiger partial charge on any atom is 0.306 e. The van der Waals surface area contributed by atoms with Gasteiger partial charge in [0.25, 0.3) is 0 Å². The van der Waals surface area contributed by atoms with Crippen molar-refractivity contribution in [1.29, 1.82) is 0 Å². The molecule has 0 aromatic heterocycles. The molecule has 0 aliphatic rings. The molecule has 0 amide bonds. The van der Waals surface area contributed by atoms with Gasteiger partial charge in [-0.05, 0) is 36.2 Å². The van der Waals surface area contributed by atoms with Gasteiger partial charge in [-0.1, -0.05) is 36.4 Å². The van der Waals surface area contributed by atoms with Gasteiger partial charge in [-0.3, -0.25) is 14.5 Å². The second-order valence-electron chi connectivity index (χ2n) is 6.29. The number of benzene rings is 2. The second-order valence-corrected chi connectivity index (χ2v) is 6.29. The number of rotatable bonds is 8. The fourth-order valence-corrected chi connectivity index (χ4v) is 3.15. The molecule has 2 aromatic rings.